The third-order valence-electron chi connectivity index (χ3n) is 4.42. The average Bonchev–Trinajstić information content (AvgIpc) is 2.53. The van der Waals surface area contributed by atoms with Gasteiger partial charge in [-0.2, -0.15) is 0 Å². The van der Waals surface area contributed by atoms with Crippen molar-refractivity contribution in [2.75, 3.05) is 11.1 Å². The summed E-state index contributed by atoms with van der Waals surface area (Å²) in [7, 11) is -0.925. The molecule has 152 valence electrons. The van der Waals surface area contributed by atoms with Gasteiger partial charge in [-0.15, -0.1) is 0 Å². The van der Waals surface area contributed by atoms with Crippen LogP contribution in [0.3, 0.4) is 0 Å². The topological polar surface area (TPSA) is 20.3 Å². The zero-order chi connectivity index (χ0) is 18.7. The molecule has 0 spiro atoms. The number of carbonyl (C=O) groups is 1. The van der Waals surface area contributed by atoms with Crippen LogP contribution in [0.1, 0.15) is 41.5 Å². The minimum atomic E-state index is -0.925. The molecule has 0 heterocycles. The zero-order valence-corrected chi connectivity index (χ0v) is 19.6. The van der Waals surface area contributed by atoms with Gasteiger partial charge in [-0.05, 0) is 65.8 Å². The minimum Gasteiger partial charge on any atom is -0.358 e. The Morgan fingerprint density at radius 2 is 1.11 bits per heavy atom. The van der Waals surface area contributed by atoms with Crippen molar-refractivity contribution in [3.8, 4) is 0 Å². The van der Waals surface area contributed by atoms with E-state index in [1.54, 1.807) is 0 Å². The van der Waals surface area contributed by atoms with Crippen molar-refractivity contribution in [2.24, 2.45) is 0 Å². The zero-order valence-electron chi connectivity index (χ0n) is 17.7. The number of hydrogen-bond donors (Lipinski definition) is 0. The summed E-state index contributed by atoms with van der Waals surface area (Å²) in [5.74, 6) is 0.191. The number of rotatable bonds is 4. The first-order chi connectivity index (χ1) is 11.6. The summed E-state index contributed by atoms with van der Waals surface area (Å²) in [5.41, 5.74) is 1.87. The third-order valence-corrected chi connectivity index (χ3v) is 8.69. The summed E-state index contributed by atoms with van der Waals surface area (Å²) >= 11 is 0. The quantitative estimate of drug-likeness (QED) is 0.304. The Balaban J connectivity index is 0.00000338. The van der Waals surface area contributed by atoms with Crippen LogP contribution in [0.25, 0.3) is 0 Å². The van der Waals surface area contributed by atoms with Crippen LogP contribution >= 0.6 is 7.92 Å². The van der Waals surface area contributed by atoms with E-state index in [9.17, 15) is 4.79 Å². The fourth-order valence-corrected chi connectivity index (χ4v) is 7.25. The standard InChI is InChI=1S/C22H30NOP.CH3.Ni/c1-21(2,3)25(22(4,5)6)17-20(24)23(18-13-9-7-10-14-18)19-15-11-8-12-16-19;;/h7-16H,17H2,1-6H3;1H3;/q;-1;/p+1. The molecule has 2 aromatic carbocycles. The number of hydrogen-bond acceptors (Lipinski definition) is 1. The van der Waals surface area contributed by atoms with Crippen molar-refractivity contribution in [2.45, 2.75) is 51.9 Å². The number of carbonyl (C=O) groups excluding carboxylic acids is 1. The van der Waals surface area contributed by atoms with Gasteiger partial charge in [0.2, 0.25) is 0 Å². The van der Waals surface area contributed by atoms with E-state index in [1.165, 1.54) is 0 Å². The van der Waals surface area contributed by atoms with Crippen LogP contribution in [0, 0.1) is 7.43 Å². The Kier molecular flexibility index (Phi) is 9.95. The van der Waals surface area contributed by atoms with Crippen molar-refractivity contribution in [3.63, 3.8) is 0 Å². The second-order valence-electron chi connectivity index (χ2n) is 8.56. The van der Waals surface area contributed by atoms with Crippen molar-refractivity contribution in [3.05, 3.63) is 68.1 Å². The number of benzene rings is 2. The summed E-state index contributed by atoms with van der Waals surface area (Å²) < 4.78 is 0. The van der Waals surface area contributed by atoms with Gasteiger partial charge in [0.15, 0.2) is 0 Å². The van der Waals surface area contributed by atoms with E-state index in [4.69, 9.17) is 0 Å². The Morgan fingerprint density at radius 1 is 0.778 bits per heavy atom. The van der Waals surface area contributed by atoms with Crippen LogP contribution in [-0.4, -0.2) is 22.4 Å². The molecule has 1 amide bonds. The summed E-state index contributed by atoms with van der Waals surface area (Å²) in [6, 6.07) is 19.9. The molecule has 2 aromatic rings. The third kappa shape index (κ3) is 7.06. The molecule has 0 radical (unpaired) electrons. The van der Waals surface area contributed by atoms with E-state index in [0.717, 1.165) is 11.4 Å². The predicted octanol–water partition coefficient (Wildman–Crippen LogP) is 6.61. The van der Waals surface area contributed by atoms with Gasteiger partial charge < -0.3 is 7.43 Å². The fourth-order valence-electron chi connectivity index (χ4n) is 3.48. The van der Waals surface area contributed by atoms with Gasteiger partial charge >= 0.3 is 0 Å². The first-order valence-corrected chi connectivity index (χ1v) is 10.6. The van der Waals surface area contributed by atoms with Crippen LogP contribution < -0.4 is 4.90 Å². The van der Waals surface area contributed by atoms with Gasteiger partial charge in [-0.1, -0.05) is 36.4 Å². The second kappa shape index (κ2) is 10.4. The number of anilines is 2. The van der Waals surface area contributed by atoms with Crippen molar-refractivity contribution >= 4 is 25.2 Å². The average molecular weight is 430 g/mol. The maximum absolute atomic E-state index is 13.4. The van der Waals surface area contributed by atoms with E-state index < -0.39 is 7.92 Å². The first-order valence-electron chi connectivity index (χ1n) is 8.90. The van der Waals surface area contributed by atoms with Crippen LogP contribution in [-0.2, 0) is 21.3 Å². The van der Waals surface area contributed by atoms with Crippen molar-refractivity contribution in [1.29, 1.82) is 0 Å². The number of nitrogens with zero attached hydrogens (tertiary/aromatic N) is 1. The molecular weight excluding hydrogens is 396 g/mol. The van der Waals surface area contributed by atoms with Gasteiger partial charge in [0.05, 0.1) is 10.3 Å². The number of amides is 1. The van der Waals surface area contributed by atoms with Crippen molar-refractivity contribution in [1.82, 2.24) is 0 Å². The van der Waals surface area contributed by atoms with Crippen LogP contribution in [0.15, 0.2) is 60.7 Å². The largest absolute Gasteiger partial charge is 0.358 e. The van der Waals surface area contributed by atoms with E-state index in [-0.39, 0.29) is 40.1 Å². The summed E-state index contributed by atoms with van der Waals surface area (Å²) in [6.07, 6.45) is 0.626. The molecule has 2 rings (SSSR count). The molecular formula is C23H34NNiOP. The molecule has 0 aliphatic rings. The Labute approximate surface area is 177 Å². The van der Waals surface area contributed by atoms with Crippen molar-refractivity contribution < 1.29 is 21.3 Å². The molecule has 2 nitrogen and oxygen atoms in total. The molecule has 0 aromatic heterocycles. The Bertz CT molecular complexity index is 636. The molecule has 4 heteroatoms. The molecule has 0 N–H and O–H groups in total. The molecule has 0 saturated carbocycles. The van der Waals surface area contributed by atoms with Gasteiger partial charge in [0.25, 0.3) is 5.91 Å². The summed E-state index contributed by atoms with van der Waals surface area (Å²) in [4.78, 5) is 15.3. The summed E-state index contributed by atoms with van der Waals surface area (Å²) in [6.45, 7) is 13.6. The molecule has 27 heavy (non-hydrogen) atoms. The first kappa shape index (κ1) is 25.8. The maximum Gasteiger partial charge on any atom is 0.268 e. The van der Waals surface area contributed by atoms with E-state index >= 15 is 0 Å². The predicted molar refractivity (Wildman–Crippen MR) is 119 cm³/mol. The second-order valence-corrected chi connectivity index (χ2v) is 12.9. The fraction of sp³-hybridized carbons (Fsp3) is 0.391. The molecule has 0 aliphatic heterocycles. The van der Waals surface area contributed by atoms with E-state index in [1.807, 2.05) is 65.6 Å². The minimum absolute atomic E-state index is 0. The monoisotopic (exact) mass is 429 g/mol. The normalized spacial score (nSPS) is 11.4. The van der Waals surface area contributed by atoms with Crippen LogP contribution in [0.4, 0.5) is 11.4 Å². The Hall–Kier alpha value is -1.17. The molecule has 0 unspecified atom stereocenters. The van der Waals surface area contributed by atoms with E-state index in [2.05, 4.69) is 41.5 Å². The van der Waals surface area contributed by atoms with E-state index in [0.29, 0.717) is 6.16 Å². The van der Waals surface area contributed by atoms with Crippen LogP contribution in [0.5, 0.6) is 0 Å². The van der Waals surface area contributed by atoms with Gasteiger partial charge in [0.1, 0.15) is 6.16 Å². The Morgan fingerprint density at radius 3 is 1.41 bits per heavy atom. The molecule has 0 aliphatic carbocycles. The van der Waals surface area contributed by atoms with Gasteiger partial charge in [-0.3, -0.25) is 9.69 Å². The smallest absolute Gasteiger partial charge is 0.268 e. The molecule has 0 atom stereocenters. The summed E-state index contributed by atoms with van der Waals surface area (Å²) in [5, 5.41) is 0.329. The molecule has 0 fully saturated rings. The molecule has 0 bridgehead atoms. The SMILES string of the molecule is CC(C)(C)[PH+](CC(=O)N(c1ccccc1)c1ccccc1)C(C)(C)C.[CH3-].[Ni]. The maximum atomic E-state index is 13.4. The molecule has 0 saturated heterocycles. The van der Waals surface area contributed by atoms with Gasteiger partial charge in [0, 0.05) is 35.8 Å². The number of para-hydroxylation sites is 2. The van der Waals surface area contributed by atoms with Gasteiger partial charge in [-0.25, -0.2) is 0 Å². The van der Waals surface area contributed by atoms with Crippen LogP contribution in [0.2, 0.25) is 0 Å².